The third kappa shape index (κ3) is 2.27. The van der Waals surface area contributed by atoms with Gasteiger partial charge in [-0.2, -0.15) is 0 Å². The molecule has 20 heavy (non-hydrogen) atoms. The second kappa shape index (κ2) is 5.42. The van der Waals surface area contributed by atoms with Crippen molar-refractivity contribution in [2.75, 3.05) is 37.0 Å². The van der Waals surface area contributed by atoms with Crippen molar-refractivity contribution in [2.45, 2.75) is 18.9 Å². The van der Waals surface area contributed by atoms with Gasteiger partial charge in [-0.25, -0.2) is 0 Å². The second-order valence-corrected chi connectivity index (χ2v) is 5.60. The molecule has 0 aliphatic carbocycles. The number of anilines is 2. The first-order valence-corrected chi connectivity index (χ1v) is 7.21. The van der Waals surface area contributed by atoms with Crippen LogP contribution < -0.4 is 15.5 Å². The van der Waals surface area contributed by atoms with Crippen LogP contribution in [0.4, 0.5) is 11.4 Å². The number of hydrogen-bond acceptors (Lipinski definition) is 4. The van der Waals surface area contributed by atoms with Gasteiger partial charge in [0, 0.05) is 36.6 Å². The molecule has 1 fully saturated rings. The van der Waals surface area contributed by atoms with E-state index in [0.29, 0.717) is 5.92 Å². The molecule has 1 saturated heterocycles. The Balaban J connectivity index is 1.77. The van der Waals surface area contributed by atoms with Crippen molar-refractivity contribution in [3.05, 3.63) is 23.8 Å². The van der Waals surface area contributed by atoms with Crippen molar-refractivity contribution >= 4 is 17.3 Å². The molecule has 0 saturated carbocycles. The molecule has 2 heterocycles. The number of carbonyl (C=O) groups is 1. The van der Waals surface area contributed by atoms with E-state index in [1.165, 1.54) is 0 Å². The minimum atomic E-state index is -0.237. The van der Waals surface area contributed by atoms with E-state index in [9.17, 15) is 9.90 Å². The van der Waals surface area contributed by atoms with Crippen LogP contribution in [0.15, 0.2) is 18.2 Å². The lowest BCUT2D eigenvalue weighted by molar-refractivity contribution is -0.117. The van der Waals surface area contributed by atoms with Gasteiger partial charge in [-0.3, -0.25) is 4.79 Å². The van der Waals surface area contributed by atoms with Crippen molar-refractivity contribution in [1.29, 1.82) is 0 Å². The standard InChI is InChI=1S/C15H21N3O2/c1-16-14-12-3-2-11(8-13(12)17-15(14)20)18-6-4-10(9-19)5-7-18/h2-3,8,10,14,16,19H,4-7,9H2,1H3,(H,17,20). The predicted octanol–water partition coefficient (Wildman–Crippen LogP) is 1.11. The first kappa shape index (κ1) is 13.4. The van der Waals surface area contributed by atoms with E-state index in [2.05, 4.69) is 27.7 Å². The van der Waals surface area contributed by atoms with E-state index < -0.39 is 0 Å². The molecule has 1 unspecified atom stereocenters. The summed E-state index contributed by atoms with van der Waals surface area (Å²) >= 11 is 0. The Hall–Kier alpha value is -1.59. The van der Waals surface area contributed by atoms with Crippen molar-refractivity contribution in [1.82, 2.24) is 5.32 Å². The number of benzene rings is 1. The summed E-state index contributed by atoms with van der Waals surface area (Å²) in [5, 5.41) is 15.1. The van der Waals surface area contributed by atoms with E-state index in [1.807, 2.05) is 6.07 Å². The average molecular weight is 275 g/mol. The highest BCUT2D eigenvalue weighted by molar-refractivity contribution is 6.03. The molecular weight excluding hydrogens is 254 g/mol. The maximum atomic E-state index is 11.8. The molecule has 5 nitrogen and oxygen atoms in total. The number of amides is 1. The van der Waals surface area contributed by atoms with Gasteiger partial charge in [0.25, 0.3) is 0 Å². The summed E-state index contributed by atoms with van der Waals surface area (Å²) in [6, 6.07) is 5.94. The zero-order valence-electron chi connectivity index (χ0n) is 11.7. The lowest BCUT2D eigenvalue weighted by Gasteiger charge is -2.33. The molecule has 1 aromatic rings. The van der Waals surface area contributed by atoms with Crippen LogP contribution in [0.2, 0.25) is 0 Å². The molecule has 1 amide bonds. The van der Waals surface area contributed by atoms with E-state index in [-0.39, 0.29) is 18.6 Å². The summed E-state index contributed by atoms with van der Waals surface area (Å²) < 4.78 is 0. The van der Waals surface area contributed by atoms with Gasteiger partial charge in [0.05, 0.1) is 0 Å². The maximum absolute atomic E-state index is 11.8. The average Bonchev–Trinajstić information content (AvgIpc) is 2.81. The van der Waals surface area contributed by atoms with Crippen LogP contribution in [0.1, 0.15) is 24.4 Å². The van der Waals surface area contributed by atoms with Crippen LogP contribution in [0.25, 0.3) is 0 Å². The Morgan fingerprint density at radius 1 is 1.40 bits per heavy atom. The molecular formula is C15H21N3O2. The Labute approximate surface area is 119 Å². The number of rotatable bonds is 3. The van der Waals surface area contributed by atoms with Crippen molar-refractivity contribution in [2.24, 2.45) is 5.92 Å². The summed E-state index contributed by atoms with van der Waals surface area (Å²) in [4.78, 5) is 14.1. The van der Waals surface area contributed by atoms with Gasteiger partial charge in [-0.15, -0.1) is 0 Å². The van der Waals surface area contributed by atoms with Gasteiger partial charge in [-0.1, -0.05) is 6.07 Å². The third-order valence-electron chi connectivity index (χ3n) is 4.39. The van der Waals surface area contributed by atoms with Crippen molar-refractivity contribution in [3.63, 3.8) is 0 Å². The quantitative estimate of drug-likeness (QED) is 0.773. The largest absolute Gasteiger partial charge is 0.396 e. The van der Waals surface area contributed by atoms with Gasteiger partial charge in [-0.05, 0) is 37.9 Å². The second-order valence-electron chi connectivity index (χ2n) is 5.60. The predicted molar refractivity (Wildman–Crippen MR) is 78.9 cm³/mol. The molecule has 108 valence electrons. The smallest absolute Gasteiger partial charge is 0.246 e. The Morgan fingerprint density at radius 2 is 2.15 bits per heavy atom. The Bertz CT molecular complexity index is 510. The monoisotopic (exact) mass is 275 g/mol. The van der Waals surface area contributed by atoms with E-state index in [1.54, 1.807) is 7.05 Å². The zero-order valence-corrected chi connectivity index (χ0v) is 11.7. The highest BCUT2D eigenvalue weighted by Crippen LogP contribution is 2.34. The highest BCUT2D eigenvalue weighted by Gasteiger charge is 2.29. The normalized spacial score (nSPS) is 22.8. The summed E-state index contributed by atoms with van der Waals surface area (Å²) in [6.45, 7) is 2.22. The summed E-state index contributed by atoms with van der Waals surface area (Å²) in [6.07, 6.45) is 2.05. The first-order valence-electron chi connectivity index (χ1n) is 7.21. The maximum Gasteiger partial charge on any atom is 0.246 e. The Kier molecular flexibility index (Phi) is 3.63. The van der Waals surface area contributed by atoms with Crippen molar-refractivity contribution in [3.8, 4) is 0 Å². The number of nitrogens with one attached hydrogen (secondary N) is 2. The molecule has 0 aromatic heterocycles. The minimum absolute atomic E-state index is 0.0126. The minimum Gasteiger partial charge on any atom is -0.396 e. The summed E-state index contributed by atoms with van der Waals surface area (Å²) in [5.74, 6) is 0.452. The zero-order chi connectivity index (χ0) is 14.1. The van der Waals surface area contributed by atoms with Crippen LogP contribution in [0.3, 0.4) is 0 Å². The third-order valence-corrected chi connectivity index (χ3v) is 4.39. The molecule has 0 radical (unpaired) electrons. The number of aliphatic hydroxyl groups excluding tert-OH is 1. The fraction of sp³-hybridized carbons (Fsp3) is 0.533. The van der Waals surface area contributed by atoms with E-state index in [4.69, 9.17) is 0 Å². The highest BCUT2D eigenvalue weighted by atomic mass is 16.3. The van der Waals surface area contributed by atoms with Gasteiger partial charge in [0.1, 0.15) is 6.04 Å². The summed E-state index contributed by atoms with van der Waals surface area (Å²) in [5.41, 5.74) is 3.08. The molecule has 0 bridgehead atoms. The van der Waals surface area contributed by atoms with Crippen LogP contribution in [0.5, 0.6) is 0 Å². The first-order chi connectivity index (χ1) is 9.72. The fourth-order valence-electron chi connectivity index (χ4n) is 3.11. The SMILES string of the molecule is CNC1C(=O)Nc2cc(N3CCC(CO)CC3)ccc21. The number of aliphatic hydroxyl groups is 1. The number of hydrogen-bond donors (Lipinski definition) is 3. The number of likely N-dealkylation sites (N-methyl/N-ethyl adjacent to an activating group) is 1. The fourth-order valence-corrected chi connectivity index (χ4v) is 3.11. The van der Waals surface area contributed by atoms with Crippen LogP contribution >= 0.6 is 0 Å². The van der Waals surface area contributed by atoms with Crippen LogP contribution in [0, 0.1) is 5.92 Å². The topological polar surface area (TPSA) is 64.6 Å². The number of piperidine rings is 1. The van der Waals surface area contributed by atoms with Gasteiger partial charge in [0.15, 0.2) is 0 Å². The number of fused-ring (bicyclic) bond motifs is 1. The van der Waals surface area contributed by atoms with Crippen molar-refractivity contribution < 1.29 is 9.90 Å². The summed E-state index contributed by atoms with van der Waals surface area (Å²) in [7, 11) is 1.80. The molecule has 2 aliphatic rings. The molecule has 0 spiro atoms. The molecule has 3 rings (SSSR count). The van der Waals surface area contributed by atoms with E-state index in [0.717, 1.165) is 42.9 Å². The van der Waals surface area contributed by atoms with E-state index >= 15 is 0 Å². The van der Waals surface area contributed by atoms with Gasteiger partial charge < -0.3 is 20.6 Å². The number of nitrogens with zero attached hydrogens (tertiary/aromatic N) is 1. The number of carbonyl (C=O) groups excluding carboxylic acids is 1. The Morgan fingerprint density at radius 3 is 2.80 bits per heavy atom. The lowest BCUT2D eigenvalue weighted by Crippen LogP contribution is -2.34. The lowest BCUT2D eigenvalue weighted by atomic mass is 9.97. The molecule has 5 heteroatoms. The van der Waals surface area contributed by atoms with Crippen LogP contribution in [-0.4, -0.2) is 37.8 Å². The molecule has 2 aliphatic heterocycles. The molecule has 3 N–H and O–H groups in total. The van der Waals surface area contributed by atoms with Gasteiger partial charge >= 0.3 is 0 Å². The molecule has 1 aromatic carbocycles. The van der Waals surface area contributed by atoms with Crippen LogP contribution in [-0.2, 0) is 4.79 Å². The van der Waals surface area contributed by atoms with Gasteiger partial charge in [0.2, 0.25) is 5.91 Å². The molecule has 1 atom stereocenters.